The maximum absolute atomic E-state index is 11.7. The highest BCUT2D eigenvalue weighted by Gasteiger charge is 2.34. The Bertz CT molecular complexity index is 399. The normalized spacial score (nSPS) is 24.4. The molecule has 104 valence electrons. The van der Waals surface area contributed by atoms with E-state index in [0.29, 0.717) is 19.7 Å². The number of sulfonamides is 1. The summed E-state index contributed by atoms with van der Waals surface area (Å²) in [5.74, 6) is -0.128. The van der Waals surface area contributed by atoms with Gasteiger partial charge in [-0.05, 0) is 25.7 Å². The molecule has 18 heavy (non-hydrogen) atoms. The zero-order valence-corrected chi connectivity index (χ0v) is 11.4. The topological polar surface area (TPSA) is 75.7 Å². The molecular weight excluding hydrogens is 256 g/mol. The fourth-order valence-electron chi connectivity index (χ4n) is 2.17. The summed E-state index contributed by atoms with van der Waals surface area (Å²) in [7, 11) is -3.17. The molecule has 1 aliphatic heterocycles. The van der Waals surface area contributed by atoms with Gasteiger partial charge in [0.05, 0.1) is 6.26 Å². The molecule has 2 aliphatic rings. The summed E-state index contributed by atoms with van der Waals surface area (Å²) in [6.45, 7) is 1.33. The van der Waals surface area contributed by atoms with Gasteiger partial charge in [-0.2, -0.15) is 4.31 Å². The average molecular weight is 276 g/mol. The molecule has 1 heterocycles. The van der Waals surface area contributed by atoms with Crippen molar-refractivity contribution in [1.29, 1.82) is 0 Å². The molecule has 2 rings (SSSR count). The fourth-order valence-corrected chi connectivity index (χ4v) is 3.34. The van der Waals surface area contributed by atoms with Crippen molar-refractivity contribution in [3.8, 4) is 0 Å². The highest BCUT2D eigenvalue weighted by molar-refractivity contribution is 7.88. The predicted molar refractivity (Wildman–Crippen MR) is 66.6 cm³/mol. The van der Waals surface area contributed by atoms with Crippen LogP contribution in [0.4, 0.5) is 0 Å². The van der Waals surface area contributed by atoms with E-state index >= 15 is 0 Å². The minimum absolute atomic E-state index is 0.128. The van der Waals surface area contributed by atoms with Crippen molar-refractivity contribution in [3.63, 3.8) is 0 Å². The number of nitrogens with zero attached hydrogens (tertiary/aromatic N) is 1. The summed E-state index contributed by atoms with van der Waals surface area (Å²) in [6.07, 6.45) is 4.38. The van der Waals surface area contributed by atoms with Crippen LogP contribution in [0.25, 0.3) is 0 Å². The number of hydrogen-bond donors (Lipinski definition) is 1. The van der Waals surface area contributed by atoms with Gasteiger partial charge in [-0.3, -0.25) is 4.79 Å². The smallest absolute Gasteiger partial charge is 0.249 e. The van der Waals surface area contributed by atoms with Gasteiger partial charge in [0.15, 0.2) is 0 Å². The Labute approximate surface area is 108 Å². The minimum atomic E-state index is -3.17. The Hall–Kier alpha value is -0.660. The number of carbonyl (C=O) groups excluding carboxylic acids is 1. The molecule has 0 aromatic heterocycles. The second kappa shape index (κ2) is 5.54. The van der Waals surface area contributed by atoms with Gasteiger partial charge in [0, 0.05) is 25.7 Å². The van der Waals surface area contributed by atoms with Crippen LogP contribution in [0.2, 0.25) is 0 Å². The van der Waals surface area contributed by atoms with Crippen molar-refractivity contribution in [3.05, 3.63) is 0 Å². The first-order valence-electron chi connectivity index (χ1n) is 6.34. The molecule has 1 N–H and O–H groups in total. The molecule has 0 bridgehead atoms. The summed E-state index contributed by atoms with van der Waals surface area (Å²) in [5.41, 5.74) is 0. The molecule has 1 amide bonds. The van der Waals surface area contributed by atoms with E-state index in [1.165, 1.54) is 10.6 Å². The van der Waals surface area contributed by atoms with Crippen LogP contribution >= 0.6 is 0 Å². The van der Waals surface area contributed by atoms with Crippen LogP contribution < -0.4 is 5.32 Å². The van der Waals surface area contributed by atoms with E-state index in [2.05, 4.69) is 5.32 Å². The Balaban J connectivity index is 1.74. The van der Waals surface area contributed by atoms with Crippen LogP contribution in [0, 0.1) is 0 Å². The number of ether oxygens (including phenoxy) is 1. The van der Waals surface area contributed by atoms with Gasteiger partial charge in [0.2, 0.25) is 15.9 Å². The van der Waals surface area contributed by atoms with Crippen LogP contribution in [0.3, 0.4) is 0 Å². The lowest BCUT2D eigenvalue weighted by molar-refractivity contribution is -0.130. The van der Waals surface area contributed by atoms with E-state index in [1.807, 2.05) is 0 Å². The third kappa shape index (κ3) is 3.66. The van der Waals surface area contributed by atoms with Gasteiger partial charge < -0.3 is 10.1 Å². The van der Waals surface area contributed by atoms with Gasteiger partial charge in [0.1, 0.15) is 6.10 Å². The summed E-state index contributed by atoms with van der Waals surface area (Å²) < 4.78 is 29.8. The molecule has 0 aromatic carbocycles. The lowest BCUT2D eigenvalue weighted by Gasteiger charge is -2.20. The average Bonchev–Trinajstić information content (AvgIpc) is 2.94. The standard InChI is InChI=1S/C11H20N2O4S/c1-18(15,16)13(9-4-5-9)7-6-12-11(14)10-3-2-8-17-10/h9-10H,2-8H2,1H3,(H,12,14). The molecule has 0 radical (unpaired) electrons. The fraction of sp³-hybridized carbons (Fsp3) is 0.909. The third-order valence-electron chi connectivity index (χ3n) is 3.23. The quantitative estimate of drug-likeness (QED) is 0.723. The van der Waals surface area contributed by atoms with Gasteiger partial charge >= 0.3 is 0 Å². The maximum Gasteiger partial charge on any atom is 0.249 e. The molecule has 6 nitrogen and oxygen atoms in total. The van der Waals surface area contributed by atoms with E-state index in [-0.39, 0.29) is 18.1 Å². The first-order chi connectivity index (χ1) is 8.48. The SMILES string of the molecule is CS(=O)(=O)N(CCNC(=O)C1CCCO1)C1CC1. The van der Waals surface area contributed by atoms with Crippen LogP contribution in [-0.2, 0) is 19.6 Å². The van der Waals surface area contributed by atoms with Gasteiger partial charge in [-0.1, -0.05) is 0 Å². The Morgan fingerprint density at radius 3 is 2.61 bits per heavy atom. The second-order valence-electron chi connectivity index (χ2n) is 4.90. The summed E-state index contributed by atoms with van der Waals surface area (Å²) in [4.78, 5) is 11.7. The van der Waals surface area contributed by atoms with Crippen LogP contribution in [0.1, 0.15) is 25.7 Å². The number of nitrogens with one attached hydrogen (secondary N) is 1. The van der Waals surface area contributed by atoms with Gasteiger partial charge in [-0.25, -0.2) is 8.42 Å². The van der Waals surface area contributed by atoms with E-state index in [9.17, 15) is 13.2 Å². The van der Waals surface area contributed by atoms with Crippen molar-refractivity contribution in [2.45, 2.75) is 37.8 Å². The molecule has 0 aromatic rings. The Morgan fingerprint density at radius 1 is 1.39 bits per heavy atom. The summed E-state index contributed by atoms with van der Waals surface area (Å²) >= 11 is 0. The van der Waals surface area contributed by atoms with E-state index in [4.69, 9.17) is 4.74 Å². The van der Waals surface area contributed by atoms with Crippen molar-refractivity contribution < 1.29 is 17.9 Å². The third-order valence-corrected chi connectivity index (χ3v) is 4.57. The number of amides is 1. The molecule has 2 fully saturated rings. The Morgan fingerprint density at radius 2 is 2.11 bits per heavy atom. The lowest BCUT2D eigenvalue weighted by Crippen LogP contribution is -2.42. The molecule has 1 unspecified atom stereocenters. The molecule has 1 atom stereocenters. The van der Waals surface area contributed by atoms with E-state index in [0.717, 1.165) is 25.7 Å². The van der Waals surface area contributed by atoms with Crippen LogP contribution in [0.15, 0.2) is 0 Å². The number of rotatable bonds is 6. The lowest BCUT2D eigenvalue weighted by atomic mass is 10.2. The number of carbonyl (C=O) groups is 1. The molecular formula is C11H20N2O4S. The van der Waals surface area contributed by atoms with Crippen molar-refractivity contribution in [2.75, 3.05) is 26.0 Å². The largest absolute Gasteiger partial charge is 0.368 e. The van der Waals surface area contributed by atoms with Crippen molar-refractivity contribution >= 4 is 15.9 Å². The maximum atomic E-state index is 11.7. The Kier molecular flexibility index (Phi) is 4.24. The minimum Gasteiger partial charge on any atom is -0.368 e. The summed E-state index contributed by atoms with van der Waals surface area (Å²) in [5, 5.41) is 2.74. The molecule has 1 aliphatic carbocycles. The number of hydrogen-bond acceptors (Lipinski definition) is 4. The first kappa shape index (κ1) is 13.8. The monoisotopic (exact) mass is 276 g/mol. The summed E-state index contributed by atoms with van der Waals surface area (Å²) in [6, 6.07) is 0.139. The van der Waals surface area contributed by atoms with Crippen molar-refractivity contribution in [1.82, 2.24) is 9.62 Å². The van der Waals surface area contributed by atoms with Gasteiger partial charge in [-0.15, -0.1) is 0 Å². The van der Waals surface area contributed by atoms with Crippen LogP contribution in [0.5, 0.6) is 0 Å². The van der Waals surface area contributed by atoms with E-state index < -0.39 is 10.0 Å². The highest BCUT2D eigenvalue weighted by Crippen LogP contribution is 2.28. The predicted octanol–water partition coefficient (Wildman–Crippen LogP) is -0.294. The van der Waals surface area contributed by atoms with E-state index in [1.54, 1.807) is 0 Å². The zero-order valence-electron chi connectivity index (χ0n) is 10.6. The van der Waals surface area contributed by atoms with Crippen molar-refractivity contribution in [2.24, 2.45) is 0 Å². The zero-order chi connectivity index (χ0) is 13.2. The van der Waals surface area contributed by atoms with Crippen LogP contribution in [-0.4, -0.2) is 56.7 Å². The molecule has 0 spiro atoms. The molecule has 7 heteroatoms. The molecule has 1 saturated carbocycles. The van der Waals surface area contributed by atoms with Gasteiger partial charge in [0.25, 0.3) is 0 Å². The molecule has 1 saturated heterocycles. The first-order valence-corrected chi connectivity index (χ1v) is 8.19. The second-order valence-corrected chi connectivity index (χ2v) is 6.83. The highest BCUT2D eigenvalue weighted by atomic mass is 32.2.